The van der Waals surface area contributed by atoms with E-state index in [2.05, 4.69) is 0 Å². The Morgan fingerprint density at radius 2 is 1.82 bits per heavy atom. The molecule has 22 heavy (non-hydrogen) atoms. The molecule has 0 aliphatic heterocycles. The van der Waals surface area contributed by atoms with Gasteiger partial charge in [-0.15, -0.1) is 0 Å². The molecule has 0 saturated carbocycles. The predicted octanol–water partition coefficient (Wildman–Crippen LogP) is 1.19. The van der Waals surface area contributed by atoms with Crippen LogP contribution in [0.2, 0.25) is 0 Å². The average molecular weight is 314 g/mol. The quantitative estimate of drug-likeness (QED) is 0.598. The second kappa shape index (κ2) is 10.5. The third-order valence-electron chi connectivity index (χ3n) is 3.32. The van der Waals surface area contributed by atoms with Crippen molar-refractivity contribution in [3.63, 3.8) is 0 Å². The Labute approximate surface area is 131 Å². The lowest BCUT2D eigenvalue weighted by Crippen LogP contribution is -2.39. The summed E-state index contributed by atoms with van der Waals surface area (Å²) >= 11 is 0. The highest BCUT2D eigenvalue weighted by Gasteiger charge is 2.26. The van der Waals surface area contributed by atoms with Gasteiger partial charge in [0.05, 0.1) is 26.4 Å². The molecule has 0 saturated heterocycles. The van der Waals surface area contributed by atoms with Crippen LogP contribution >= 0.6 is 0 Å². The molecular formula is C16H26O6. The van der Waals surface area contributed by atoms with E-state index in [1.807, 2.05) is 24.3 Å². The van der Waals surface area contributed by atoms with Crippen molar-refractivity contribution in [2.75, 3.05) is 34.2 Å². The summed E-state index contributed by atoms with van der Waals surface area (Å²) in [6.45, 7) is 2.28. The van der Waals surface area contributed by atoms with Gasteiger partial charge in [-0.2, -0.15) is 0 Å². The van der Waals surface area contributed by atoms with Crippen molar-refractivity contribution in [2.24, 2.45) is 5.92 Å². The fraction of sp³-hybridized carbons (Fsp3) is 0.625. The lowest BCUT2D eigenvalue weighted by atomic mass is 10.0. The number of aliphatic hydroxyl groups excluding tert-OH is 2. The summed E-state index contributed by atoms with van der Waals surface area (Å²) in [7, 11) is 3.12. The number of ether oxygens (including phenoxy) is 4. The van der Waals surface area contributed by atoms with Crippen molar-refractivity contribution >= 4 is 0 Å². The zero-order chi connectivity index (χ0) is 16.4. The van der Waals surface area contributed by atoms with Crippen molar-refractivity contribution in [2.45, 2.75) is 25.7 Å². The Morgan fingerprint density at radius 3 is 2.36 bits per heavy atom. The number of rotatable bonds is 11. The molecular weight excluding hydrogens is 288 g/mol. The number of benzene rings is 1. The van der Waals surface area contributed by atoms with Gasteiger partial charge in [-0.1, -0.05) is 19.1 Å². The topological polar surface area (TPSA) is 77.4 Å². The van der Waals surface area contributed by atoms with Crippen LogP contribution in [0.1, 0.15) is 12.5 Å². The molecule has 0 spiro atoms. The van der Waals surface area contributed by atoms with E-state index in [9.17, 15) is 10.2 Å². The standard InChI is InChI=1S/C16H26O6/c1-12(8-17)16(22-11-19-2)15(18)10-21-9-13-4-6-14(20-3)7-5-13/h4-7,12,15-18H,8-11H2,1-3H3/t12-,15-,16+/m0/s1. The molecule has 0 amide bonds. The minimum atomic E-state index is -0.837. The third kappa shape index (κ3) is 6.29. The van der Waals surface area contributed by atoms with Gasteiger partial charge in [0.15, 0.2) is 0 Å². The molecule has 3 atom stereocenters. The SMILES string of the molecule is COCO[C@H]([C@@H](C)CO)[C@@H](O)COCc1ccc(OC)cc1. The van der Waals surface area contributed by atoms with Crippen molar-refractivity contribution in [1.29, 1.82) is 0 Å². The molecule has 6 heteroatoms. The van der Waals surface area contributed by atoms with Crippen LogP contribution < -0.4 is 4.74 Å². The average Bonchev–Trinajstić information content (AvgIpc) is 2.55. The minimum absolute atomic E-state index is 0.0601. The molecule has 1 aromatic carbocycles. The van der Waals surface area contributed by atoms with E-state index in [4.69, 9.17) is 18.9 Å². The van der Waals surface area contributed by atoms with Crippen molar-refractivity contribution in [3.8, 4) is 5.75 Å². The van der Waals surface area contributed by atoms with Crippen LogP contribution in [-0.2, 0) is 20.8 Å². The second-order valence-corrected chi connectivity index (χ2v) is 5.13. The van der Waals surface area contributed by atoms with Gasteiger partial charge in [-0.05, 0) is 17.7 Å². The second-order valence-electron chi connectivity index (χ2n) is 5.13. The fourth-order valence-corrected chi connectivity index (χ4v) is 2.02. The van der Waals surface area contributed by atoms with Gasteiger partial charge in [-0.3, -0.25) is 0 Å². The minimum Gasteiger partial charge on any atom is -0.497 e. The first-order valence-electron chi connectivity index (χ1n) is 7.22. The molecule has 0 aliphatic carbocycles. The van der Waals surface area contributed by atoms with Gasteiger partial charge in [0, 0.05) is 19.6 Å². The van der Waals surface area contributed by atoms with Crippen LogP contribution in [0.25, 0.3) is 0 Å². The summed E-state index contributed by atoms with van der Waals surface area (Å²) in [5.74, 6) is 0.573. The van der Waals surface area contributed by atoms with E-state index in [1.165, 1.54) is 7.11 Å². The largest absolute Gasteiger partial charge is 0.497 e. The Hall–Kier alpha value is -1.18. The van der Waals surface area contributed by atoms with Crippen LogP contribution in [0.4, 0.5) is 0 Å². The maximum absolute atomic E-state index is 10.2. The molecule has 126 valence electrons. The smallest absolute Gasteiger partial charge is 0.146 e. The van der Waals surface area contributed by atoms with E-state index < -0.39 is 12.2 Å². The first-order valence-corrected chi connectivity index (χ1v) is 7.22. The predicted molar refractivity (Wildman–Crippen MR) is 81.7 cm³/mol. The first kappa shape index (κ1) is 18.9. The number of aliphatic hydroxyl groups is 2. The van der Waals surface area contributed by atoms with E-state index in [1.54, 1.807) is 14.0 Å². The summed E-state index contributed by atoms with van der Waals surface area (Å²) in [6.07, 6.45) is -1.38. The summed E-state index contributed by atoms with van der Waals surface area (Å²) in [5, 5.41) is 19.4. The van der Waals surface area contributed by atoms with Gasteiger partial charge in [0.1, 0.15) is 18.6 Å². The summed E-state index contributed by atoms with van der Waals surface area (Å²) in [5.41, 5.74) is 0.984. The Bertz CT molecular complexity index is 394. The van der Waals surface area contributed by atoms with Gasteiger partial charge in [0.2, 0.25) is 0 Å². The summed E-state index contributed by atoms with van der Waals surface area (Å²) in [4.78, 5) is 0. The molecule has 1 aromatic rings. The zero-order valence-corrected chi connectivity index (χ0v) is 13.4. The van der Waals surface area contributed by atoms with Crippen LogP contribution in [0.15, 0.2) is 24.3 Å². The van der Waals surface area contributed by atoms with Gasteiger partial charge < -0.3 is 29.2 Å². The third-order valence-corrected chi connectivity index (χ3v) is 3.32. The molecule has 0 radical (unpaired) electrons. The molecule has 2 N–H and O–H groups in total. The van der Waals surface area contributed by atoms with E-state index >= 15 is 0 Å². The maximum atomic E-state index is 10.2. The van der Waals surface area contributed by atoms with Gasteiger partial charge in [-0.25, -0.2) is 0 Å². The zero-order valence-electron chi connectivity index (χ0n) is 13.4. The van der Waals surface area contributed by atoms with E-state index in [-0.39, 0.29) is 25.9 Å². The Morgan fingerprint density at radius 1 is 1.14 bits per heavy atom. The van der Waals surface area contributed by atoms with Crippen molar-refractivity contribution in [1.82, 2.24) is 0 Å². The molecule has 6 nitrogen and oxygen atoms in total. The van der Waals surface area contributed by atoms with E-state index in [0.29, 0.717) is 6.61 Å². The van der Waals surface area contributed by atoms with Gasteiger partial charge >= 0.3 is 0 Å². The number of hydrogen-bond acceptors (Lipinski definition) is 6. The molecule has 0 unspecified atom stereocenters. The monoisotopic (exact) mass is 314 g/mol. The van der Waals surface area contributed by atoms with Crippen LogP contribution in [0.3, 0.4) is 0 Å². The van der Waals surface area contributed by atoms with Crippen LogP contribution in [-0.4, -0.2) is 56.6 Å². The number of methoxy groups -OCH3 is 2. The Kier molecular flexibility index (Phi) is 9.03. The number of hydrogen-bond donors (Lipinski definition) is 2. The van der Waals surface area contributed by atoms with Gasteiger partial charge in [0.25, 0.3) is 0 Å². The van der Waals surface area contributed by atoms with Crippen LogP contribution in [0, 0.1) is 5.92 Å². The van der Waals surface area contributed by atoms with E-state index in [0.717, 1.165) is 11.3 Å². The lowest BCUT2D eigenvalue weighted by Gasteiger charge is -2.27. The molecule has 1 rings (SSSR count). The normalized spacial score (nSPS) is 15.3. The molecule has 0 aliphatic rings. The summed E-state index contributed by atoms with van der Waals surface area (Å²) in [6, 6.07) is 7.52. The van der Waals surface area contributed by atoms with Crippen LogP contribution in [0.5, 0.6) is 5.75 Å². The van der Waals surface area contributed by atoms with Crippen molar-refractivity contribution in [3.05, 3.63) is 29.8 Å². The highest BCUT2D eigenvalue weighted by Crippen LogP contribution is 2.14. The fourth-order valence-electron chi connectivity index (χ4n) is 2.02. The molecule has 0 fully saturated rings. The lowest BCUT2D eigenvalue weighted by molar-refractivity contribution is -0.149. The highest BCUT2D eigenvalue weighted by molar-refractivity contribution is 5.26. The summed E-state index contributed by atoms with van der Waals surface area (Å²) < 4.78 is 20.9. The van der Waals surface area contributed by atoms with Crippen molar-refractivity contribution < 1.29 is 29.2 Å². The maximum Gasteiger partial charge on any atom is 0.146 e. The molecule has 0 heterocycles. The molecule has 0 bridgehead atoms. The Balaban J connectivity index is 2.42. The highest BCUT2D eigenvalue weighted by atomic mass is 16.7. The first-order chi connectivity index (χ1) is 10.6. The molecule has 0 aromatic heterocycles.